The van der Waals surface area contributed by atoms with Crippen LogP contribution in [0, 0.1) is 29.4 Å². The van der Waals surface area contributed by atoms with Crippen LogP contribution in [0.4, 0.5) is 8.78 Å². The number of ether oxygens (including phenoxy) is 2. The number of carbonyl (C=O) groups excluding carboxylic acids is 1. The molecule has 0 radical (unpaired) electrons. The van der Waals surface area contributed by atoms with Crippen LogP contribution in [0.2, 0.25) is 0 Å². The van der Waals surface area contributed by atoms with Gasteiger partial charge in [0.25, 0.3) is 0 Å². The van der Waals surface area contributed by atoms with Crippen LogP contribution in [0.15, 0.2) is 87.5 Å². The summed E-state index contributed by atoms with van der Waals surface area (Å²) in [4.78, 5) is 15.1. The Morgan fingerprint density at radius 3 is 1.83 bits per heavy atom. The van der Waals surface area contributed by atoms with Crippen molar-refractivity contribution in [2.45, 2.75) is 59.8 Å². The first kappa shape index (κ1) is 25.8. The third kappa shape index (κ3) is 7.11. The van der Waals surface area contributed by atoms with Gasteiger partial charge in [-0.15, -0.1) is 0 Å². The Hall–Kier alpha value is -3.30. The van der Waals surface area contributed by atoms with Gasteiger partial charge in [0.1, 0.15) is 17.4 Å². The van der Waals surface area contributed by atoms with Crippen molar-refractivity contribution in [3.63, 3.8) is 0 Å². The molecule has 36 heavy (non-hydrogen) atoms. The Labute approximate surface area is 214 Å². The molecule has 0 N–H and O–H groups in total. The molecule has 6 heteroatoms. The van der Waals surface area contributed by atoms with Crippen LogP contribution in [0.25, 0.3) is 0 Å². The summed E-state index contributed by atoms with van der Waals surface area (Å²) in [7, 11) is -0.565. The first-order valence-electron chi connectivity index (χ1n) is 12.0. The second kappa shape index (κ2) is 11.6. The van der Waals surface area contributed by atoms with E-state index >= 15 is 0 Å². The van der Waals surface area contributed by atoms with E-state index in [1.165, 1.54) is 37.1 Å². The van der Waals surface area contributed by atoms with Gasteiger partial charge >= 0.3 is 5.97 Å². The van der Waals surface area contributed by atoms with Gasteiger partial charge in [-0.25, -0.2) is 13.6 Å². The van der Waals surface area contributed by atoms with Crippen molar-refractivity contribution >= 4 is 16.9 Å². The summed E-state index contributed by atoms with van der Waals surface area (Å²) in [6, 6.07) is 20.0. The SMILES string of the molecule is CC(C)(C#CC1CCCC1)OC(=O)COc1ccc([S+](c2ccc(F)cc2)c2ccc(F)cc2)cc1. The highest BCUT2D eigenvalue weighted by atomic mass is 32.2. The van der Waals surface area contributed by atoms with Crippen molar-refractivity contribution in [3.8, 4) is 17.6 Å². The molecule has 0 aromatic heterocycles. The van der Waals surface area contributed by atoms with Gasteiger partial charge in [0.2, 0.25) is 0 Å². The zero-order valence-electron chi connectivity index (χ0n) is 20.4. The van der Waals surface area contributed by atoms with E-state index < -0.39 is 22.5 Å². The molecule has 3 aromatic rings. The summed E-state index contributed by atoms with van der Waals surface area (Å²) in [6.45, 7) is 3.34. The molecule has 3 nitrogen and oxygen atoms in total. The van der Waals surface area contributed by atoms with Crippen molar-refractivity contribution in [1.82, 2.24) is 0 Å². The predicted octanol–water partition coefficient (Wildman–Crippen LogP) is 6.95. The predicted molar refractivity (Wildman–Crippen MR) is 137 cm³/mol. The first-order chi connectivity index (χ1) is 17.3. The highest BCUT2D eigenvalue weighted by molar-refractivity contribution is 7.97. The molecular weight excluding hydrogens is 478 g/mol. The maximum atomic E-state index is 13.5. The molecule has 0 amide bonds. The molecule has 3 aromatic carbocycles. The number of hydrogen-bond acceptors (Lipinski definition) is 3. The lowest BCUT2D eigenvalue weighted by atomic mass is 10.1. The van der Waals surface area contributed by atoms with E-state index in [0.29, 0.717) is 11.7 Å². The zero-order chi connectivity index (χ0) is 25.5. The number of halogens is 2. The molecule has 4 rings (SSSR count). The Morgan fingerprint density at radius 2 is 1.33 bits per heavy atom. The van der Waals surface area contributed by atoms with Crippen molar-refractivity contribution in [2.24, 2.45) is 5.92 Å². The van der Waals surface area contributed by atoms with Crippen LogP contribution in [0.1, 0.15) is 39.5 Å². The summed E-state index contributed by atoms with van der Waals surface area (Å²) in [6.07, 6.45) is 4.64. The van der Waals surface area contributed by atoms with E-state index in [4.69, 9.17) is 9.47 Å². The Balaban J connectivity index is 1.41. The lowest BCUT2D eigenvalue weighted by Crippen LogP contribution is -2.29. The van der Waals surface area contributed by atoms with Crippen molar-refractivity contribution in [3.05, 3.63) is 84.4 Å². The van der Waals surface area contributed by atoms with Crippen LogP contribution in [-0.4, -0.2) is 18.2 Å². The van der Waals surface area contributed by atoms with Gasteiger partial charge < -0.3 is 9.47 Å². The maximum Gasteiger partial charge on any atom is 0.345 e. The third-order valence-electron chi connectivity index (χ3n) is 5.82. The Kier molecular flexibility index (Phi) is 8.32. The molecular formula is C30H29F2O3S+. The van der Waals surface area contributed by atoms with Gasteiger partial charge in [0, 0.05) is 5.92 Å². The molecule has 0 heterocycles. The third-order valence-corrected chi connectivity index (χ3v) is 8.05. The average molecular weight is 508 g/mol. The molecule has 1 saturated carbocycles. The van der Waals surface area contributed by atoms with Crippen LogP contribution >= 0.6 is 0 Å². The molecule has 186 valence electrons. The van der Waals surface area contributed by atoms with Crippen molar-refractivity contribution in [2.75, 3.05) is 6.61 Å². The molecule has 1 fully saturated rings. The van der Waals surface area contributed by atoms with Gasteiger partial charge in [-0.2, -0.15) is 0 Å². The van der Waals surface area contributed by atoms with Crippen LogP contribution in [-0.2, 0) is 20.4 Å². The molecule has 0 aliphatic heterocycles. The summed E-state index contributed by atoms with van der Waals surface area (Å²) < 4.78 is 38.2. The molecule has 0 spiro atoms. The molecule has 0 saturated heterocycles. The zero-order valence-corrected chi connectivity index (χ0v) is 21.2. The maximum absolute atomic E-state index is 13.5. The molecule has 0 atom stereocenters. The average Bonchev–Trinajstić information content (AvgIpc) is 3.39. The minimum absolute atomic E-state index is 0.227. The largest absolute Gasteiger partial charge is 0.482 e. The monoisotopic (exact) mass is 507 g/mol. The highest BCUT2D eigenvalue weighted by Crippen LogP contribution is 2.32. The second-order valence-corrected chi connectivity index (χ2v) is 11.2. The molecule has 1 aliphatic rings. The summed E-state index contributed by atoms with van der Waals surface area (Å²) in [5.74, 6) is 6.14. The van der Waals surface area contributed by atoms with Gasteiger partial charge in [-0.3, -0.25) is 0 Å². The van der Waals surface area contributed by atoms with E-state index in [1.807, 2.05) is 12.1 Å². The number of hydrogen-bond donors (Lipinski definition) is 0. The number of benzene rings is 3. The smallest absolute Gasteiger partial charge is 0.345 e. The normalized spacial score (nSPS) is 13.8. The summed E-state index contributed by atoms with van der Waals surface area (Å²) >= 11 is 0. The minimum atomic E-state index is -0.869. The Bertz CT molecular complexity index is 1170. The minimum Gasteiger partial charge on any atom is -0.482 e. The number of rotatable bonds is 7. The summed E-state index contributed by atoms with van der Waals surface area (Å²) in [5.41, 5.74) is -0.869. The topological polar surface area (TPSA) is 35.5 Å². The van der Waals surface area contributed by atoms with Crippen molar-refractivity contribution in [1.29, 1.82) is 0 Å². The quantitative estimate of drug-likeness (QED) is 0.197. The fourth-order valence-corrected chi connectivity index (χ4v) is 6.09. The number of esters is 1. The van der Waals surface area contributed by atoms with Gasteiger partial charge in [-0.05, 0) is 99.5 Å². The number of carbonyl (C=O) groups is 1. The van der Waals surface area contributed by atoms with Crippen LogP contribution in [0.3, 0.4) is 0 Å². The van der Waals surface area contributed by atoms with Gasteiger partial charge in [-0.1, -0.05) is 24.7 Å². The molecule has 0 bridgehead atoms. The van der Waals surface area contributed by atoms with E-state index in [9.17, 15) is 13.6 Å². The lowest BCUT2D eigenvalue weighted by molar-refractivity contribution is -0.154. The highest BCUT2D eigenvalue weighted by Gasteiger charge is 2.29. The molecule has 0 unspecified atom stereocenters. The van der Waals surface area contributed by atoms with E-state index in [0.717, 1.165) is 27.5 Å². The Morgan fingerprint density at radius 1 is 0.861 bits per heavy atom. The fraction of sp³-hybridized carbons (Fsp3) is 0.300. The molecule has 1 aliphatic carbocycles. The van der Waals surface area contributed by atoms with E-state index in [-0.39, 0.29) is 18.2 Å². The van der Waals surface area contributed by atoms with Crippen LogP contribution in [0.5, 0.6) is 5.75 Å². The van der Waals surface area contributed by atoms with Gasteiger partial charge in [0.05, 0.1) is 10.9 Å². The second-order valence-electron chi connectivity index (χ2n) is 9.21. The van der Waals surface area contributed by atoms with E-state index in [1.54, 1.807) is 50.2 Å². The van der Waals surface area contributed by atoms with Crippen LogP contribution < -0.4 is 4.74 Å². The fourth-order valence-electron chi connectivity index (χ4n) is 4.05. The standard InChI is InChI=1S/C30H29F2O3S/c1-30(2,20-19-22-5-3-4-6-22)35-29(33)21-34-25-11-17-28(18-12-25)36(26-13-7-23(31)8-14-26)27-15-9-24(32)10-16-27/h7-18,22H,3-6,21H2,1-2H3/q+1. The van der Waals surface area contributed by atoms with Gasteiger partial charge in [0.15, 0.2) is 26.9 Å². The van der Waals surface area contributed by atoms with Crippen molar-refractivity contribution < 1.29 is 23.0 Å². The first-order valence-corrected chi connectivity index (χ1v) is 13.2. The van der Waals surface area contributed by atoms with E-state index in [2.05, 4.69) is 11.8 Å². The summed E-state index contributed by atoms with van der Waals surface area (Å²) in [5, 5.41) is 0. The lowest BCUT2D eigenvalue weighted by Gasteiger charge is -2.19.